The Kier molecular flexibility index (Phi) is 6.96. The van der Waals surface area contributed by atoms with Crippen LogP contribution in [0.2, 0.25) is 18.1 Å². The Bertz CT molecular complexity index is 720. The van der Waals surface area contributed by atoms with E-state index in [4.69, 9.17) is 13.9 Å². The van der Waals surface area contributed by atoms with Crippen molar-refractivity contribution in [1.82, 2.24) is 0 Å². The zero-order chi connectivity index (χ0) is 23.2. The first kappa shape index (κ1) is 24.7. The van der Waals surface area contributed by atoms with E-state index in [-0.39, 0.29) is 28.6 Å². The molecule has 0 aromatic carbocycles. The fraction of sp³-hybridized carbons (Fsp3) is 0.926. The molecule has 4 fully saturated rings. The lowest BCUT2D eigenvalue weighted by atomic mass is 9.45. The van der Waals surface area contributed by atoms with Crippen molar-refractivity contribution >= 4 is 8.32 Å². The van der Waals surface area contributed by atoms with E-state index in [1.165, 1.54) is 32.1 Å². The number of fused-ring (bicyclic) bond motifs is 2. The third-order valence-corrected chi connectivity index (χ3v) is 14.2. The quantitative estimate of drug-likeness (QED) is 0.418. The van der Waals surface area contributed by atoms with Crippen LogP contribution in [-0.2, 0) is 13.9 Å². The molecule has 182 valence electrons. The van der Waals surface area contributed by atoms with Gasteiger partial charge in [-0.15, -0.1) is 0 Å². The third kappa shape index (κ3) is 4.13. The van der Waals surface area contributed by atoms with Gasteiger partial charge in [-0.25, -0.2) is 0 Å². The fourth-order valence-corrected chi connectivity index (χ4v) is 7.90. The first-order valence-corrected chi connectivity index (χ1v) is 16.1. The van der Waals surface area contributed by atoms with Crippen molar-refractivity contribution < 1.29 is 19.0 Å². The predicted octanol–water partition coefficient (Wildman–Crippen LogP) is 5.89. The molecule has 0 amide bonds. The van der Waals surface area contributed by atoms with Crippen molar-refractivity contribution in [3.8, 4) is 11.8 Å². The van der Waals surface area contributed by atoms with Gasteiger partial charge in [0, 0.05) is 11.8 Å². The zero-order valence-electron chi connectivity index (χ0n) is 21.3. The summed E-state index contributed by atoms with van der Waals surface area (Å²) >= 11 is 0. The molecular formula is C27H46O4Si. The van der Waals surface area contributed by atoms with Gasteiger partial charge in [0.15, 0.2) is 14.1 Å². The molecule has 4 rings (SSSR count). The van der Waals surface area contributed by atoms with Gasteiger partial charge in [-0.05, 0) is 62.1 Å². The van der Waals surface area contributed by atoms with Crippen LogP contribution in [0.15, 0.2) is 0 Å². The molecule has 1 aliphatic heterocycles. The summed E-state index contributed by atoms with van der Waals surface area (Å²) in [7, 11) is -1.93. The number of rotatable bonds is 4. The minimum atomic E-state index is -1.93. The normalized spacial score (nSPS) is 36.2. The average molecular weight is 463 g/mol. The van der Waals surface area contributed by atoms with E-state index in [0.717, 1.165) is 25.7 Å². The SMILES string of the molecule is CC[C@]12CC[C@@H](O)[C@H](C#C[C@@H](O[Si](C)(C)C(C)(C)C)C3CCCCC3)[C@H]1CC21OCCO1. The van der Waals surface area contributed by atoms with Crippen molar-refractivity contribution in [2.75, 3.05) is 13.2 Å². The Balaban J connectivity index is 1.58. The predicted molar refractivity (Wildman–Crippen MR) is 131 cm³/mol. The molecule has 32 heavy (non-hydrogen) atoms. The van der Waals surface area contributed by atoms with Crippen LogP contribution in [0.5, 0.6) is 0 Å². The lowest BCUT2D eigenvalue weighted by Gasteiger charge is -2.65. The molecule has 3 aliphatic carbocycles. The molecule has 0 aromatic heterocycles. The van der Waals surface area contributed by atoms with Crippen molar-refractivity contribution in [3.63, 3.8) is 0 Å². The summed E-state index contributed by atoms with van der Waals surface area (Å²) in [6.45, 7) is 15.2. The molecule has 3 saturated carbocycles. The molecule has 4 aliphatic rings. The number of ether oxygens (including phenoxy) is 2. The molecule has 1 spiro atoms. The first-order valence-electron chi connectivity index (χ1n) is 13.2. The summed E-state index contributed by atoms with van der Waals surface area (Å²) in [5.41, 5.74) is 0.00268. The van der Waals surface area contributed by atoms with E-state index in [2.05, 4.69) is 52.6 Å². The van der Waals surface area contributed by atoms with Crippen molar-refractivity contribution in [2.45, 2.75) is 122 Å². The second kappa shape index (κ2) is 9.00. The van der Waals surface area contributed by atoms with Crippen LogP contribution in [0.4, 0.5) is 0 Å². The molecule has 5 atom stereocenters. The molecule has 1 saturated heterocycles. The maximum absolute atomic E-state index is 11.0. The number of aliphatic hydroxyl groups is 1. The molecule has 0 unspecified atom stereocenters. The molecule has 5 heteroatoms. The monoisotopic (exact) mass is 462 g/mol. The van der Waals surface area contributed by atoms with E-state index in [1.807, 2.05) is 0 Å². The highest BCUT2D eigenvalue weighted by Gasteiger charge is 2.71. The minimum Gasteiger partial charge on any atom is -0.403 e. The smallest absolute Gasteiger partial charge is 0.193 e. The second-order valence-corrected chi connectivity index (χ2v) is 17.1. The summed E-state index contributed by atoms with van der Waals surface area (Å²) in [6.07, 6.45) is 9.63. The topological polar surface area (TPSA) is 47.9 Å². The highest BCUT2D eigenvalue weighted by molar-refractivity contribution is 6.74. The Hall–Kier alpha value is -0.383. The van der Waals surface area contributed by atoms with E-state index in [0.29, 0.717) is 25.0 Å². The second-order valence-electron chi connectivity index (χ2n) is 12.4. The van der Waals surface area contributed by atoms with Gasteiger partial charge in [0.25, 0.3) is 0 Å². The molecule has 0 bridgehead atoms. The summed E-state index contributed by atoms with van der Waals surface area (Å²) < 4.78 is 19.3. The van der Waals surface area contributed by atoms with Crippen LogP contribution < -0.4 is 0 Å². The minimum absolute atomic E-state index is 0.00268. The standard InChI is InChI=1S/C27H46O4Si/c1-7-26-16-15-23(28)21(22(26)19-27(26)29-17-18-30-27)13-14-24(20-11-9-8-10-12-20)31-32(5,6)25(2,3)4/h20-24,28H,7-12,15-19H2,1-6H3/t21-,22-,23-,24-,26+/m1/s1. The van der Waals surface area contributed by atoms with Gasteiger partial charge in [0.1, 0.15) is 6.10 Å². The van der Waals surface area contributed by atoms with Crippen LogP contribution in [0.1, 0.15) is 85.5 Å². The van der Waals surface area contributed by atoms with Gasteiger partial charge in [0.05, 0.1) is 25.2 Å². The van der Waals surface area contributed by atoms with Crippen molar-refractivity contribution in [3.05, 3.63) is 0 Å². The highest BCUT2D eigenvalue weighted by atomic mass is 28.4. The van der Waals surface area contributed by atoms with Gasteiger partial charge in [-0.3, -0.25) is 0 Å². The van der Waals surface area contributed by atoms with Crippen molar-refractivity contribution in [1.29, 1.82) is 0 Å². The highest BCUT2D eigenvalue weighted by Crippen LogP contribution is 2.67. The maximum atomic E-state index is 11.0. The first-order chi connectivity index (χ1) is 15.1. The Morgan fingerprint density at radius 1 is 1.09 bits per heavy atom. The van der Waals surface area contributed by atoms with Gasteiger partial charge >= 0.3 is 0 Å². The van der Waals surface area contributed by atoms with Gasteiger partial charge in [-0.1, -0.05) is 58.8 Å². The van der Waals surface area contributed by atoms with Crippen LogP contribution in [0, 0.1) is 35.0 Å². The van der Waals surface area contributed by atoms with E-state index >= 15 is 0 Å². The van der Waals surface area contributed by atoms with E-state index in [1.54, 1.807) is 0 Å². The lowest BCUT2D eigenvalue weighted by Crippen LogP contribution is -2.68. The summed E-state index contributed by atoms with van der Waals surface area (Å²) in [4.78, 5) is 0. The third-order valence-electron chi connectivity index (χ3n) is 9.77. The fourth-order valence-electron chi connectivity index (χ4n) is 6.66. The van der Waals surface area contributed by atoms with Crippen LogP contribution in [0.3, 0.4) is 0 Å². The van der Waals surface area contributed by atoms with Gasteiger partial charge < -0.3 is 19.0 Å². The maximum Gasteiger partial charge on any atom is 0.193 e. The largest absolute Gasteiger partial charge is 0.403 e. The van der Waals surface area contributed by atoms with Crippen LogP contribution >= 0.6 is 0 Å². The Morgan fingerprint density at radius 2 is 1.75 bits per heavy atom. The molecule has 1 N–H and O–H groups in total. The summed E-state index contributed by atoms with van der Waals surface area (Å²) in [5, 5.41) is 11.2. The Labute approximate surface area is 197 Å². The van der Waals surface area contributed by atoms with E-state index < -0.39 is 14.1 Å². The lowest BCUT2D eigenvalue weighted by molar-refractivity contribution is -0.351. The number of hydrogen-bond acceptors (Lipinski definition) is 4. The van der Waals surface area contributed by atoms with Crippen LogP contribution in [-0.4, -0.2) is 44.6 Å². The average Bonchev–Trinajstić information content (AvgIpc) is 3.24. The van der Waals surface area contributed by atoms with Crippen molar-refractivity contribution in [2.24, 2.45) is 23.2 Å². The van der Waals surface area contributed by atoms with Gasteiger partial charge in [0.2, 0.25) is 0 Å². The zero-order valence-corrected chi connectivity index (χ0v) is 22.3. The Morgan fingerprint density at radius 3 is 2.34 bits per heavy atom. The number of aliphatic hydroxyl groups excluding tert-OH is 1. The molecular weight excluding hydrogens is 416 g/mol. The van der Waals surface area contributed by atoms with Crippen LogP contribution in [0.25, 0.3) is 0 Å². The summed E-state index contributed by atoms with van der Waals surface area (Å²) in [5.74, 6) is 7.72. The van der Waals surface area contributed by atoms with Gasteiger partial charge in [-0.2, -0.15) is 0 Å². The molecule has 1 heterocycles. The van der Waals surface area contributed by atoms with E-state index in [9.17, 15) is 5.11 Å². The molecule has 4 nitrogen and oxygen atoms in total. The molecule has 0 aromatic rings. The molecule has 0 radical (unpaired) electrons. The number of hydrogen-bond donors (Lipinski definition) is 1. The summed E-state index contributed by atoms with van der Waals surface area (Å²) in [6, 6.07) is 0.